The fourth-order valence-corrected chi connectivity index (χ4v) is 2.07. The van der Waals surface area contributed by atoms with Crippen molar-refractivity contribution in [3.05, 3.63) is 47.1 Å². The van der Waals surface area contributed by atoms with E-state index in [1.54, 1.807) is 37.3 Å². The summed E-state index contributed by atoms with van der Waals surface area (Å²) in [4.78, 5) is 15.9. The Kier molecular flexibility index (Phi) is 3.88. The average Bonchev–Trinajstić information content (AvgIpc) is 3.17. The van der Waals surface area contributed by atoms with E-state index in [1.165, 1.54) is 4.80 Å². The first-order chi connectivity index (χ1) is 10.7. The lowest BCUT2D eigenvalue weighted by Crippen LogP contribution is -2.04. The number of nitrogens with one attached hydrogen (secondary N) is 1. The van der Waals surface area contributed by atoms with E-state index in [0.717, 1.165) is 0 Å². The first kappa shape index (κ1) is 14.3. The number of esters is 1. The highest BCUT2D eigenvalue weighted by Gasteiger charge is 2.13. The van der Waals surface area contributed by atoms with Gasteiger partial charge in [-0.3, -0.25) is 0 Å². The first-order valence-electron chi connectivity index (χ1n) is 6.60. The third kappa shape index (κ3) is 2.84. The van der Waals surface area contributed by atoms with E-state index < -0.39 is 5.97 Å². The minimum absolute atomic E-state index is 0.316. The number of H-pyrrole nitrogens is 1. The molecule has 8 heteroatoms. The number of hydrogen-bond donors (Lipinski definition) is 1. The lowest BCUT2D eigenvalue weighted by Gasteiger charge is -1.98. The molecular weight excluding hydrogens is 306 g/mol. The second kappa shape index (κ2) is 5.98. The zero-order valence-corrected chi connectivity index (χ0v) is 12.4. The second-order valence-corrected chi connectivity index (χ2v) is 4.82. The number of ether oxygens (including phenoxy) is 1. The smallest absolute Gasteiger partial charge is 0.354 e. The van der Waals surface area contributed by atoms with Crippen LogP contribution in [0.25, 0.3) is 17.2 Å². The molecule has 2 heterocycles. The summed E-state index contributed by atoms with van der Waals surface area (Å²) in [6.45, 7) is 2.07. The molecule has 0 bridgehead atoms. The van der Waals surface area contributed by atoms with Gasteiger partial charge in [0.25, 0.3) is 0 Å². The van der Waals surface area contributed by atoms with E-state index in [-0.39, 0.29) is 0 Å². The highest BCUT2D eigenvalue weighted by molar-refractivity contribution is 6.30. The Morgan fingerprint density at radius 1 is 1.36 bits per heavy atom. The lowest BCUT2D eigenvalue weighted by molar-refractivity contribution is 0.0520. The van der Waals surface area contributed by atoms with Crippen LogP contribution in [0.5, 0.6) is 0 Å². The number of tetrazole rings is 1. The van der Waals surface area contributed by atoms with Gasteiger partial charge in [-0.2, -0.15) is 0 Å². The molecule has 3 rings (SSSR count). The van der Waals surface area contributed by atoms with E-state index >= 15 is 0 Å². The number of benzene rings is 1. The molecule has 0 amide bonds. The van der Waals surface area contributed by atoms with Crippen LogP contribution in [0.15, 0.2) is 36.4 Å². The molecule has 0 aliphatic rings. The molecule has 0 fully saturated rings. The predicted molar refractivity (Wildman–Crippen MR) is 79.9 cm³/mol. The van der Waals surface area contributed by atoms with Crippen molar-refractivity contribution in [2.75, 3.05) is 6.61 Å². The monoisotopic (exact) mass is 317 g/mol. The van der Waals surface area contributed by atoms with Gasteiger partial charge in [-0.05, 0) is 42.5 Å². The summed E-state index contributed by atoms with van der Waals surface area (Å²) in [6, 6.07) is 10.4. The zero-order valence-electron chi connectivity index (χ0n) is 11.7. The molecular formula is C14H12ClN5O2. The van der Waals surface area contributed by atoms with Gasteiger partial charge in [-0.1, -0.05) is 17.7 Å². The van der Waals surface area contributed by atoms with Crippen molar-refractivity contribution in [1.29, 1.82) is 0 Å². The van der Waals surface area contributed by atoms with Gasteiger partial charge in [-0.25, -0.2) is 4.79 Å². The summed E-state index contributed by atoms with van der Waals surface area (Å²) >= 11 is 5.94. The van der Waals surface area contributed by atoms with Crippen LogP contribution < -0.4 is 0 Å². The number of carbonyl (C=O) groups is 1. The molecule has 0 aliphatic carbocycles. The molecule has 0 aliphatic heterocycles. The van der Waals surface area contributed by atoms with Crippen molar-refractivity contribution in [1.82, 2.24) is 25.2 Å². The van der Waals surface area contributed by atoms with E-state index in [9.17, 15) is 4.79 Å². The van der Waals surface area contributed by atoms with Crippen molar-refractivity contribution >= 4 is 17.6 Å². The summed E-state index contributed by atoms with van der Waals surface area (Å²) in [5.41, 5.74) is 1.62. The average molecular weight is 318 g/mol. The third-order valence-corrected chi connectivity index (χ3v) is 3.11. The Morgan fingerprint density at radius 2 is 2.23 bits per heavy atom. The van der Waals surface area contributed by atoms with Crippen molar-refractivity contribution in [2.24, 2.45) is 0 Å². The number of carbonyl (C=O) groups excluding carboxylic acids is 1. The second-order valence-electron chi connectivity index (χ2n) is 4.39. The van der Waals surface area contributed by atoms with Crippen molar-refractivity contribution in [2.45, 2.75) is 6.92 Å². The molecule has 1 aromatic carbocycles. The maximum absolute atomic E-state index is 11.6. The predicted octanol–water partition coefficient (Wildman–Crippen LogP) is 2.49. The number of hydrogen-bond acceptors (Lipinski definition) is 5. The van der Waals surface area contributed by atoms with Crippen LogP contribution in [-0.4, -0.2) is 37.8 Å². The Bertz CT molecular complexity index is 811. The van der Waals surface area contributed by atoms with Gasteiger partial charge in [0.05, 0.1) is 18.0 Å². The summed E-state index contributed by atoms with van der Waals surface area (Å²) in [5, 5.41) is 12.8. The summed E-state index contributed by atoms with van der Waals surface area (Å²) in [6.07, 6.45) is 0. The lowest BCUT2D eigenvalue weighted by atomic mass is 10.3. The first-order valence-corrected chi connectivity index (χ1v) is 6.97. The largest absolute Gasteiger partial charge is 0.461 e. The molecule has 0 spiro atoms. The van der Waals surface area contributed by atoms with Crippen LogP contribution >= 0.6 is 11.6 Å². The number of aromatic nitrogens is 5. The van der Waals surface area contributed by atoms with Crippen LogP contribution in [-0.2, 0) is 4.74 Å². The normalized spacial score (nSPS) is 10.6. The summed E-state index contributed by atoms with van der Waals surface area (Å²) in [5.74, 6) is -0.0495. The van der Waals surface area contributed by atoms with Gasteiger partial charge >= 0.3 is 5.97 Å². The van der Waals surface area contributed by atoms with Crippen LogP contribution in [0.1, 0.15) is 17.4 Å². The standard InChI is InChI=1S/C14H12ClN5O2/c1-2-22-14(21)12-7-6-11(16-12)13-17-19-20(18-13)10-5-3-4-9(15)8-10/h3-8,16H,2H2,1H3. The molecule has 3 aromatic rings. The molecule has 112 valence electrons. The number of rotatable bonds is 4. The van der Waals surface area contributed by atoms with Crippen LogP contribution in [0.3, 0.4) is 0 Å². The third-order valence-electron chi connectivity index (χ3n) is 2.87. The topological polar surface area (TPSA) is 85.7 Å². The molecule has 0 unspecified atom stereocenters. The Balaban J connectivity index is 1.86. The Hall–Kier alpha value is -2.67. The number of halogens is 1. The minimum atomic E-state index is -0.420. The van der Waals surface area contributed by atoms with Gasteiger partial charge in [-0.15, -0.1) is 15.0 Å². The van der Waals surface area contributed by atoms with Gasteiger partial charge in [0, 0.05) is 5.02 Å². The molecule has 1 N–H and O–H groups in total. The fraction of sp³-hybridized carbons (Fsp3) is 0.143. The number of aromatic amines is 1. The van der Waals surface area contributed by atoms with E-state index in [1.807, 2.05) is 6.07 Å². The van der Waals surface area contributed by atoms with E-state index in [0.29, 0.717) is 34.5 Å². The minimum Gasteiger partial charge on any atom is -0.461 e. The van der Waals surface area contributed by atoms with Gasteiger partial charge in [0.1, 0.15) is 5.69 Å². The maximum Gasteiger partial charge on any atom is 0.354 e. The van der Waals surface area contributed by atoms with Crippen molar-refractivity contribution < 1.29 is 9.53 Å². The summed E-state index contributed by atoms with van der Waals surface area (Å²) < 4.78 is 4.92. The molecule has 0 saturated heterocycles. The van der Waals surface area contributed by atoms with Crippen LogP contribution in [0.4, 0.5) is 0 Å². The van der Waals surface area contributed by atoms with Crippen LogP contribution in [0.2, 0.25) is 5.02 Å². The Morgan fingerprint density at radius 3 is 3.00 bits per heavy atom. The molecule has 7 nitrogen and oxygen atoms in total. The maximum atomic E-state index is 11.6. The number of nitrogens with zero attached hydrogens (tertiary/aromatic N) is 4. The van der Waals surface area contributed by atoms with Gasteiger partial charge in [0.15, 0.2) is 0 Å². The Labute approximate surface area is 130 Å². The summed E-state index contributed by atoms with van der Waals surface area (Å²) in [7, 11) is 0. The van der Waals surface area contributed by atoms with E-state index in [2.05, 4.69) is 20.4 Å². The van der Waals surface area contributed by atoms with Gasteiger partial charge < -0.3 is 9.72 Å². The van der Waals surface area contributed by atoms with Crippen molar-refractivity contribution in [3.63, 3.8) is 0 Å². The molecule has 0 atom stereocenters. The highest BCUT2D eigenvalue weighted by atomic mass is 35.5. The van der Waals surface area contributed by atoms with Crippen molar-refractivity contribution in [3.8, 4) is 17.2 Å². The van der Waals surface area contributed by atoms with Gasteiger partial charge in [0.2, 0.25) is 5.82 Å². The molecule has 0 radical (unpaired) electrons. The van der Waals surface area contributed by atoms with Crippen LogP contribution in [0, 0.1) is 0 Å². The molecule has 0 saturated carbocycles. The van der Waals surface area contributed by atoms with E-state index in [4.69, 9.17) is 16.3 Å². The quantitative estimate of drug-likeness (QED) is 0.747. The SMILES string of the molecule is CCOC(=O)c1ccc(-c2nnn(-c3cccc(Cl)c3)n2)[nH]1. The zero-order chi connectivity index (χ0) is 15.5. The molecule has 2 aromatic heterocycles. The fourth-order valence-electron chi connectivity index (χ4n) is 1.89. The molecule has 22 heavy (non-hydrogen) atoms. The highest BCUT2D eigenvalue weighted by Crippen LogP contribution is 2.16.